The van der Waals surface area contributed by atoms with Gasteiger partial charge in [-0.3, -0.25) is 14.5 Å². The zero-order valence-corrected chi connectivity index (χ0v) is 17.3. The zero-order valence-electron chi connectivity index (χ0n) is 16.6. The maximum absolute atomic E-state index is 15.0. The Kier molecular flexibility index (Phi) is 5.35. The van der Waals surface area contributed by atoms with Crippen LogP contribution in [0.3, 0.4) is 0 Å². The Bertz CT molecular complexity index is 1070. The van der Waals surface area contributed by atoms with Crippen molar-refractivity contribution in [2.45, 2.75) is 19.3 Å². The van der Waals surface area contributed by atoms with Gasteiger partial charge >= 0.3 is 0 Å². The molecule has 31 heavy (non-hydrogen) atoms. The van der Waals surface area contributed by atoms with E-state index in [1.54, 1.807) is 29.2 Å². The second kappa shape index (κ2) is 7.85. The molecule has 1 aromatic carbocycles. The van der Waals surface area contributed by atoms with Crippen LogP contribution in [0, 0.1) is 23.2 Å². The smallest absolute Gasteiger partial charge is 0.261 e. The van der Waals surface area contributed by atoms with Crippen LogP contribution in [0.4, 0.5) is 14.6 Å². The number of nitriles is 1. The van der Waals surface area contributed by atoms with Crippen molar-refractivity contribution < 1.29 is 18.4 Å². The number of carbonyl (C=O) groups excluding carboxylic acids is 2. The molecule has 0 radical (unpaired) electrons. The Balaban J connectivity index is 1.55. The lowest BCUT2D eigenvalue weighted by molar-refractivity contribution is -0.114. The molecular weight excluding hydrogens is 428 g/mol. The van der Waals surface area contributed by atoms with Crippen molar-refractivity contribution in [3.8, 4) is 6.07 Å². The molecule has 0 spiro atoms. The predicted octanol–water partition coefficient (Wildman–Crippen LogP) is 3.40. The first kappa shape index (κ1) is 21.1. The molecule has 2 aliphatic rings. The number of piperidine rings is 1. The fraction of sp³-hybridized carbons (Fsp3) is 0.381. The lowest BCUT2D eigenvalue weighted by Crippen LogP contribution is -2.54. The summed E-state index contributed by atoms with van der Waals surface area (Å²) in [4.78, 5) is 35.6. The van der Waals surface area contributed by atoms with E-state index in [0.717, 1.165) is 4.90 Å². The van der Waals surface area contributed by atoms with Crippen LogP contribution in [-0.2, 0) is 0 Å². The molecule has 2 unspecified atom stereocenters. The molecule has 2 aromatic rings. The molecule has 0 N–H and O–H groups in total. The molecule has 1 fully saturated rings. The summed E-state index contributed by atoms with van der Waals surface area (Å²) >= 11 is 5.86. The summed E-state index contributed by atoms with van der Waals surface area (Å²) in [5, 5.41) is 9.25. The number of imide groups is 1. The van der Waals surface area contributed by atoms with Gasteiger partial charge in [-0.05, 0) is 30.2 Å². The topological polar surface area (TPSA) is 90.2 Å². The number of anilines is 1. The molecule has 1 saturated heterocycles. The Morgan fingerprint density at radius 3 is 2.48 bits per heavy atom. The van der Waals surface area contributed by atoms with Gasteiger partial charge in [0, 0.05) is 31.5 Å². The van der Waals surface area contributed by atoms with Gasteiger partial charge in [0.15, 0.2) is 5.82 Å². The number of alkyl halides is 2. The minimum atomic E-state index is -3.02. The number of aromatic nitrogens is 2. The monoisotopic (exact) mass is 445 g/mol. The quantitative estimate of drug-likeness (QED) is 0.529. The third-order valence-corrected chi connectivity index (χ3v) is 6.06. The predicted molar refractivity (Wildman–Crippen MR) is 108 cm³/mol. The first-order chi connectivity index (χ1) is 14.7. The molecule has 160 valence electrons. The minimum absolute atomic E-state index is 0.0153. The zero-order chi connectivity index (χ0) is 22.3. The van der Waals surface area contributed by atoms with Crippen LogP contribution < -0.4 is 4.90 Å². The number of halogens is 3. The number of fused-ring (bicyclic) bond motifs is 1. The third-order valence-electron chi connectivity index (χ3n) is 5.87. The molecule has 3 heterocycles. The molecule has 0 bridgehead atoms. The average molecular weight is 446 g/mol. The molecule has 1 aromatic heterocycles. The van der Waals surface area contributed by atoms with Crippen molar-refractivity contribution in [1.29, 1.82) is 5.26 Å². The van der Waals surface area contributed by atoms with E-state index >= 15 is 8.78 Å². The number of rotatable bonds is 4. The number of hydrogen-bond donors (Lipinski definition) is 0. The largest absolute Gasteiger partial charge is 0.354 e. The van der Waals surface area contributed by atoms with Crippen LogP contribution in [0.2, 0.25) is 5.28 Å². The van der Waals surface area contributed by atoms with E-state index in [1.165, 1.54) is 13.1 Å². The maximum atomic E-state index is 15.0. The Morgan fingerprint density at radius 2 is 1.87 bits per heavy atom. The fourth-order valence-electron chi connectivity index (χ4n) is 4.17. The average Bonchev–Trinajstić information content (AvgIpc) is 2.99. The van der Waals surface area contributed by atoms with Gasteiger partial charge in [0.1, 0.15) is 11.6 Å². The second-order valence-corrected chi connectivity index (χ2v) is 8.10. The summed E-state index contributed by atoms with van der Waals surface area (Å²) in [6, 6.07) is 8.37. The van der Waals surface area contributed by atoms with Crippen LogP contribution in [-0.4, -0.2) is 52.2 Å². The van der Waals surface area contributed by atoms with Crippen LogP contribution >= 0.6 is 11.6 Å². The van der Waals surface area contributed by atoms with Gasteiger partial charge in [0.25, 0.3) is 17.7 Å². The van der Waals surface area contributed by atoms with Crippen LogP contribution in [0.15, 0.2) is 30.5 Å². The number of benzene rings is 1. The highest BCUT2D eigenvalue weighted by Gasteiger charge is 2.50. The van der Waals surface area contributed by atoms with Crippen molar-refractivity contribution in [2.75, 3.05) is 24.5 Å². The maximum Gasteiger partial charge on any atom is 0.261 e. The first-order valence-electron chi connectivity index (χ1n) is 9.74. The SMILES string of the molecule is CC1CN(c2nc(Cl)ncc2C#N)CC(CCN2C(=O)c3ccccc3C2=O)C1(F)F. The molecule has 0 saturated carbocycles. The Labute approximate surface area is 182 Å². The Hall–Kier alpha value is -3.12. The van der Waals surface area contributed by atoms with Gasteiger partial charge < -0.3 is 4.90 Å². The summed E-state index contributed by atoms with van der Waals surface area (Å²) in [6.07, 6.45) is 1.18. The highest BCUT2D eigenvalue weighted by Crippen LogP contribution is 2.41. The number of hydrogen-bond acceptors (Lipinski definition) is 6. The summed E-state index contributed by atoms with van der Waals surface area (Å²) in [6.45, 7) is 1.19. The number of carbonyl (C=O) groups is 2. The molecule has 4 rings (SSSR count). The lowest BCUT2D eigenvalue weighted by Gasteiger charge is -2.43. The van der Waals surface area contributed by atoms with Crippen LogP contribution in [0.5, 0.6) is 0 Å². The molecule has 7 nitrogen and oxygen atoms in total. The molecule has 2 amide bonds. The molecule has 10 heteroatoms. The number of nitrogens with zero attached hydrogens (tertiary/aromatic N) is 5. The van der Waals surface area contributed by atoms with Crippen LogP contribution in [0.1, 0.15) is 39.6 Å². The van der Waals surface area contributed by atoms with Gasteiger partial charge in [0.05, 0.1) is 17.3 Å². The van der Waals surface area contributed by atoms with Crippen molar-refractivity contribution in [2.24, 2.45) is 11.8 Å². The Morgan fingerprint density at radius 1 is 1.23 bits per heavy atom. The number of amides is 2. The lowest BCUT2D eigenvalue weighted by atomic mass is 9.83. The van der Waals surface area contributed by atoms with E-state index in [-0.39, 0.29) is 53.8 Å². The van der Waals surface area contributed by atoms with E-state index in [2.05, 4.69) is 9.97 Å². The van der Waals surface area contributed by atoms with E-state index < -0.39 is 29.6 Å². The molecule has 2 atom stereocenters. The standard InChI is InChI=1S/C21H18ClF2N5O2/c1-12-10-28(17-13(8-25)9-26-20(22)27-17)11-14(21(12,23)24)6-7-29-18(30)15-4-2-3-5-16(15)19(29)31/h2-5,9,12,14H,6-7,10-11H2,1H3. The molecule has 0 aliphatic carbocycles. The van der Waals surface area contributed by atoms with Gasteiger partial charge in [0.2, 0.25) is 5.28 Å². The van der Waals surface area contributed by atoms with Crippen LogP contribution in [0.25, 0.3) is 0 Å². The fourth-order valence-corrected chi connectivity index (χ4v) is 4.30. The summed E-state index contributed by atoms with van der Waals surface area (Å²) in [5.41, 5.74) is 0.709. The normalized spacial score (nSPS) is 22.4. The third kappa shape index (κ3) is 3.61. The van der Waals surface area contributed by atoms with Crippen molar-refractivity contribution >= 4 is 29.2 Å². The van der Waals surface area contributed by atoms with Crippen molar-refractivity contribution in [3.63, 3.8) is 0 Å². The van der Waals surface area contributed by atoms with Gasteiger partial charge in [-0.1, -0.05) is 19.1 Å². The first-order valence-corrected chi connectivity index (χ1v) is 10.1. The van der Waals surface area contributed by atoms with Gasteiger partial charge in [-0.15, -0.1) is 0 Å². The molecular formula is C21H18ClF2N5O2. The van der Waals surface area contributed by atoms with Gasteiger partial charge in [-0.25, -0.2) is 13.8 Å². The van der Waals surface area contributed by atoms with Crippen molar-refractivity contribution in [3.05, 3.63) is 52.4 Å². The van der Waals surface area contributed by atoms with E-state index in [1.807, 2.05) is 6.07 Å². The highest BCUT2D eigenvalue weighted by atomic mass is 35.5. The van der Waals surface area contributed by atoms with Gasteiger partial charge in [-0.2, -0.15) is 10.2 Å². The highest BCUT2D eigenvalue weighted by molar-refractivity contribution is 6.28. The minimum Gasteiger partial charge on any atom is -0.354 e. The summed E-state index contributed by atoms with van der Waals surface area (Å²) < 4.78 is 30.0. The summed E-state index contributed by atoms with van der Waals surface area (Å²) in [7, 11) is 0. The van der Waals surface area contributed by atoms with E-state index in [4.69, 9.17) is 11.6 Å². The second-order valence-electron chi connectivity index (χ2n) is 7.76. The van der Waals surface area contributed by atoms with E-state index in [9.17, 15) is 14.9 Å². The van der Waals surface area contributed by atoms with Crippen molar-refractivity contribution in [1.82, 2.24) is 14.9 Å². The van der Waals surface area contributed by atoms with E-state index in [0.29, 0.717) is 0 Å². The summed E-state index contributed by atoms with van der Waals surface area (Å²) in [5.74, 6) is -5.94. The molecule has 2 aliphatic heterocycles.